The maximum Gasteiger partial charge on any atom is 0.303 e. The summed E-state index contributed by atoms with van der Waals surface area (Å²) in [5, 5.41) is 17.8. The average Bonchev–Trinajstić information content (AvgIpc) is 2.23. The molecular weight excluding hydrogens is 255 g/mol. The molecule has 0 bridgehead atoms. The minimum Gasteiger partial charge on any atom is -0.506 e. The Kier molecular flexibility index (Phi) is 4.71. The molecule has 1 aromatic rings. The van der Waals surface area contributed by atoms with Gasteiger partial charge in [0.05, 0.1) is 6.61 Å². The fourth-order valence-electron chi connectivity index (χ4n) is 1.04. The van der Waals surface area contributed by atoms with E-state index in [2.05, 4.69) is 0 Å². The second kappa shape index (κ2) is 5.82. The Hall–Kier alpha value is -1.13. The third-order valence-corrected chi connectivity index (χ3v) is 2.67. The summed E-state index contributed by atoms with van der Waals surface area (Å²) < 4.78 is 5.23. The van der Waals surface area contributed by atoms with Crippen LogP contribution in [0.4, 0.5) is 0 Å². The van der Waals surface area contributed by atoms with Crippen LogP contribution in [0.1, 0.15) is 12.8 Å². The lowest BCUT2D eigenvalue weighted by atomic mass is 10.3. The largest absolute Gasteiger partial charge is 0.506 e. The third-order valence-electron chi connectivity index (χ3n) is 1.82. The highest BCUT2D eigenvalue weighted by Gasteiger charge is 2.10. The summed E-state index contributed by atoms with van der Waals surface area (Å²) in [6.45, 7) is 0.229. The highest BCUT2D eigenvalue weighted by Crippen LogP contribution is 2.38. The van der Waals surface area contributed by atoms with Crippen molar-refractivity contribution in [1.82, 2.24) is 0 Å². The van der Waals surface area contributed by atoms with E-state index in [-0.39, 0.29) is 28.8 Å². The van der Waals surface area contributed by atoms with Crippen molar-refractivity contribution >= 4 is 29.2 Å². The van der Waals surface area contributed by atoms with Crippen LogP contribution in [-0.4, -0.2) is 22.8 Å². The Balaban J connectivity index is 2.55. The van der Waals surface area contributed by atoms with Gasteiger partial charge >= 0.3 is 5.97 Å². The third kappa shape index (κ3) is 3.47. The molecule has 0 aliphatic heterocycles. The van der Waals surface area contributed by atoms with Crippen molar-refractivity contribution in [1.29, 1.82) is 0 Å². The first kappa shape index (κ1) is 12.9. The maximum atomic E-state index is 10.2. The molecule has 0 amide bonds. The minimum absolute atomic E-state index is 0.0254. The molecular formula is C10H10Cl2O4. The number of hydrogen-bond donors (Lipinski definition) is 2. The summed E-state index contributed by atoms with van der Waals surface area (Å²) in [6, 6.07) is 2.84. The van der Waals surface area contributed by atoms with Crippen LogP contribution >= 0.6 is 23.2 Å². The number of phenols is 1. The summed E-state index contributed by atoms with van der Waals surface area (Å²) >= 11 is 11.5. The predicted molar refractivity (Wildman–Crippen MR) is 60.5 cm³/mol. The standard InChI is InChI=1S/C10H10Cl2O4/c11-9-6(13)3-4-7(10(9)12)16-5-1-2-8(14)15/h3-4,13H,1-2,5H2,(H,14,15). The summed E-state index contributed by atoms with van der Waals surface area (Å²) in [5.41, 5.74) is 0. The van der Waals surface area contributed by atoms with Crippen LogP contribution in [-0.2, 0) is 4.79 Å². The van der Waals surface area contributed by atoms with Crippen molar-refractivity contribution in [3.05, 3.63) is 22.2 Å². The molecule has 2 N–H and O–H groups in total. The normalized spacial score (nSPS) is 10.1. The molecule has 0 atom stereocenters. The van der Waals surface area contributed by atoms with Crippen molar-refractivity contribution in [2.75, 3.05) is 6.61 Å². The van der Waals surface area contributed by atoms with E-state index < -0.39 is 5.97 Å². The number of aliphatic carboxylic acids is 1. The van der Waals surface area contributed by atoms with Crippen LogP contribution < -0.4 is 4.74 Å². The van der Waals surface area contributed by atoms with E-state index in [0.29, 0.717) is 12.2 Å². The second-order valence-electron chi connectivity index (χ2n) is 3.06. The van der Waals surface area contributed by atoms with Gasteiger partial charge in [-0.15, -0.1) is 0 Å². The Morgan fingerprint density at radius 3 is 2.62 bits per heavy atom. The van der Waals surface area contributed by atoms with Crippen LogP contribution in [0.15, 0.2) is 12.1 Å². The highest BCUT2D eigenvalue weighted by molar-refractivity contribution is 6.43. The minimum atomic E-state index is -0.876. The number of carboxylic acid groups (broad SMARTS) is 1. The van der Waals surface area contributed by atoms with E-state index >= 15 is 0 Å². The Labute approximate surface area is 102 Å². The zero-order chi connectivity index (χ0) is 12.1. The highest BCUT2D eigenvalue weighted by atomic mass is 35.5. The number of ether oxygens (including phenoxy) is 1. The molecule has 4 nitrogen and oxygen atoms in total. The lowest BCUT2D eigenvalue weighted by Crippen LogP contribution is -2.02. The molecule has 0 aromatic heterocycles. The summed E-state index contributed by atoms with van der Waals surface area (Å²) in [5.74, 6) is -0.669. The first-order valence-electron chi connectivity index (χ1n) is 4.54. The molecule has 1 aromatic carbocycles. The van der Waals surface area contributed by atoms with E-state index in [1.54, 1.807) is 0 Å². The summed E-state index contributed by atoms with van der Waals surface area (Å²) in [4.78, 5) is 10.2. The molecule has 1 rings (SSSR count). The van der Waals surface area contributed by atoms with Crippen molar-refractivity contribution in [3.63, 3.8) is 0 Å². The topological polar surface area (TPSA) is 66.8 Å². The molecule has 0 unspecified atom stereocenters. The second-order valence-corrected chi connectivity index (χ2v) is 3.81. The molecule has 0 heterocycles. The van der Waals surface area contributed by atoms with Gasteiger partial charge in [-0.05, 0) is 18.6 Å². The van der Waals surface area contributed by atoms with Gasteiger partial charge in [0, 0.05) is 6.42 Å². The lowest BCUT2D eigenvalue weighted by Gasteiger charge is -2.08. The van der Waals surface area contributed by atoms with E-state index in [1.807, 2.05) is 0 Å². The molecule has 0 aliphatic rings. The zero-order valence-corrected chi connectivity index (χ0v) is 9.75. The van der Waals surface area contributed by atoms with Gasteiger partial charge in [-0.1, -0.05) is 23.2 Å². The van der Waals surface area contributed by atoms with Gasteiger partial charge in [0.25, 0.3) is 0 Å². The van der Waals surface area contributed by atoms with Crippen molar-refractivity contribution in [2.45, 2.75) is 12.8 Å². The van der Waals surface area contributed by atoms with Crippen LogP contribution in [0.3, 0.4) is 0 Å². The van der Waals surface area contributed by atoms with E-state index in [4.69, 9.17) is 33.0 Å². The predicted octanol–water partition coefficient (Wildman–Crippen LogP) is 2.94. The van der Waals surface area contributed by atoms with Crippen molar-refractivity contribution < 1.29 is 19.7 Å². The summed E-state index contributed by atoms with van der Waals surface area (Å²) in [7, 11) is 0. The van der Waals surface area contributed by atoms with Crippen molar-refractivity contribution in [3.8, 4) is 11.5 Å². The summed E-state index contributed by atoms with van der Waals surface area (Å²) in [6.07, 6.45) is 0.410. The van der Waals surface area contributed by atoms with Crippen LogP contribution in [0.5, 0.6) is 11.5 Å². The first-order chi connectivity index (χ1) is 7.52. The molecule has 0 spiro atoms. The van der Waals surface area contributed by atoms with Gasteiger partial charge in [0.15, 0.2) is 0 Å². The van der Waals surface area contributed by atoms with Crippen LogP contribution in [0.25, 0.3) is 0 Å². The SMILES string of the molecule is O=C(O)CCCOc1ccc(O)c(Cl)c1Cl. The van der Waals surface area contributed by atoms with Crippen molar-refractivity contribution in [2.24, 2.45) is 0 Å². The van der Waals surface area contributed by atoms with Gasteiger partial charge in [-0.25, -0.2) is 0 Å². The average molecular weight is 265 g/mol. The molecule has 0 radical (unpaired) electrons. The van der Waals surface area contributed by atoms with E-state index in [0.717, 1.165) is 0 Å². The lowest BCUT2D eigenvalue weighted by molar-refractivity contribution is -0.137. The number of halogens is 2. The van der Waals surface area contributed by atoms with Crippen LogP contribution in [0, 0.1) is 0 Å². The van der Waals surface area contributed by atoms with Gasteiger partial charge in [0.1, 0.15) is 21.5 Å². The number of carbonyl (C=O) groups is 1. The van der Waals surface area contributed by atoms with Gasteiger partial charge in [-0.3, -0.25) is 4.79 Å². The molecule has 0 saturated carbocycles. The molecule has 16 heavy (non-hydrogen) atoms. The molecule has 0 aliphatic carbocycles. The molecule has 6 heteroatoms. The Morgan fingerprint density at radius 2 is 2.00 bits per heavy atom. The van der Waals surface area contributed by atoms with Gasteiger partial charge < -0.3 is 14.9 Å². The fraction of sp³-hybridized carbons (Fsp3) is 0.300. The number of phenolic OH excluding ortho intramolecular Hbond substituents is 1. The fourth-order valence-corrected chi connectivity index (χ4v) is 1.41. The van der Waals surface area contributed by atoms with Crippen LogP contribution in [0.2, 0.25) is 10.0 Å². The number of rotatable bonds is 5. The zero-order valence-electron chi connectivity index (χ0n) is 8.24. The smallest absolute Gasteiger partial charge is 0.303 e. The molecule has 88 valence electrons. The van der Waals surface area contributed by atoms with Gasteiger partial charge in [-0.2, -0.15) is 0 Å². The quantitative estimate of drug-likeness (QED) is 0.803. The Bertz CT molecular complexity index is 393. The van der Waals surface area contributed by atoms with Gasteiger partial charge in [0.2, 0.25) is 0 Å². The first-order valence-corrected chi connectivity index (χ1v) is 5.29. The monoisotopic (exact) mass is 264 g/mol. The number of aromatic hydroxyl groups is 1. The molecule has 0 fully saturated rings. The number of carboxylic acids is 1. The van der Waals surface area contributed by atoms with E-state index in [1.165, 1.54) is 12.1 Å². The number of benzene rings is 1. The Morgan fingerprint density at radius 1 is 1.31 bits per heavy atom. The maximum absolute atomic E-state index is 10.2. The molecule has 0 saturated heterocycles. The van der Waals surface area contributed by atoms with E-state index in [9.17, 15) is 9.90 Å². The number of hydrogen-bond acceptors (Lipinski definition) is 3.